The minimum absolute atomic E-state index is 0.00207. The summed E-state index contributed by atoms with van der Waals surface area (Å²) in [4.78, 5) is 74.6. The summed E-state index contributed by atoms with van der Waals surface area (Å²) < 4.78 is 15.4. The molecule has 2 aromatic rings. The minimum atomic E-state index is -1.12. The number of fused-ring (bicyclic) bond motifs is 1. The Morgan fingerprint density at radius 2 is 1.83 bits per heavy atom. The number of benzene rings is 1. The maximum atomic E-state index is 15.4. The zero-order valence-corrected chi connectivity index (χ0v) is 23.1. The maximum Gasteiger partial charge on any atom is 0.262 e. The zero-order valence-electron chi connectivity index (χ0n) is 23.1. The Morgan fingerprint density at radius 1 is 1.12 bits per heavy atom. The van der Waals surface area contributed by atoms with Crippen LogP contribution < -0.4 is 15.5 Å². The molecular weight excluding hydrogens is 531 g/mol. The number of carbonyl (C=O) groups is 5. The minimum Gasteiger partial charge on any atom is -0.369 e. The molecule has 5 amide bonds. The lowest BCUT2D eigenvalue weighted by atomic mass is 9.73. The van der Waals surface area contributed by atoms with E-state index in [4.69, 9.17) is 0 Å². The van der Waals surface area contributed by atoms with Crippen molar-refractivity contribution < 1.29 is 28.4 Å². The summed E-state index contributed by atoms with van der Waals surface area (Å²) in [5.74, 6) is -3.31. The van der Waals surface area contributed by atoms with Gasteiger partial charge in [-0.2, -0.15) is 0 Å². The lowest BCUT2D eigenvalue weighted by Gasteiger charge is -2.42. The average molecular weight is 565 g/mol. The molecule has 0 saturated carbocycles. The van der Waals surface area contributed by atoms with Crippen molar-refractivity contribution in [3.63, 3.8) is 0 Å². The predicted molar refractivity (Wildman–Crippen MR) is 145 cm³/mol. The number of piperidine rings is 2. The van der Waals surface area contributed by atoms with Crippen LogP contribution in [0.2, 0.25) is 0 Å². The number of aryl methyl sites for hydroxylation is 1. The van der Waals surface area contributed by atoms with E-state index in [0.717, 1.165) is 23.1 Å². The van der Waals surface area contributed by atoms with Crippen molar-refractivity contribution in [3.8, 4) is 0 Å². The molecule has 3 aliphatic rings. The Balaban J connectivity index is 1.32. The zero-order chi connectivity index (χ0) is 29.3. The molecule has 5 rings (SSSR count). The van der Waals surface area contributed by atoms with E-state index in [9.17, 15) is 24.0 Å². The van der Waals surface area contributed by atoms with Gasteiger partial charge in [-0.25, -0.2) is 4.39 Å². The predicted octanol–water partition coefficient (Wildman–Crippen LogP) is 2.15. The second kappa shape index (κ2) is 11.3. The molecule has 0 aliphatic carbocycles. The number of nitrogens with one attached hydrogen (secondary N) is 2. The van der Waals surface area contributed by atoms with Crippen LogP contribution in [0.3, 0.4) is 0 Å². The number of carbonyl (C=O) groups excluding carboxylic acids is 5. The van der Waals surface area contributed by atoms with E-state index < -0.39 is 40.9 Å². The van der Waals surface area contributed by atoms with Gasteiger partial charge in [0.2, 0.25) is 17.7 Å². The summed E-state index contributed by atoms with van der Waals surface area (Å²) in [5, 5.41) is 5.21. The molecule has 2 N–H and O–H groups in total. The van der Waals surface area contributed by atoms with Crippen LogP contribution in [0, 0.1) is 11.2 Å². The van der Waals surface area contributed by atoms with Crippen LogP contribution in [-0.4, -0.2) is 69.6 Å². The van der Waals surface area contributed by atoms with E-state index in [1.54, 1.807) is 23.5 Å². The third-order valence-electron chi connectivity index (χ3n) is 8.17. The first-order valence-corrected chi connectivity index (χ1v) is 14.0. The van der Waals surface area contributed by atoms with Gasteiger partial charge in [-0.3, -0.25) is 44.2 Å². The van der Waals surface area contributed by atoms with Gasteiger partial charge in [-0.1, -0.05) is 0 Å². The van der Waals surface area contributed by atoms with Crippen molar-refractivity contribution in [2.75, 3.05) is 18.0 Å². The molecule has 11 nitrogen and oxygen atoms in total. The molecule has 0 radical (unpaired) electrons. The molecule has 2 saturated heterocycles. The van der Waals surface area contributed by atoms with E-state index in [1.165, 1.54) is 6.07 Å². The molecule has 2 fully saturated rings. The van der Waals surface area contributed by atoms with E-state index in [2.05, 4.69) is 20.6 Å². The van der Waals surface area contributed by atoms with Crippen molar-refractivity contribution in [1.29, 1.82) is 0 Å². The maximum absolute atomic E-state index is 15.4. The molecular formula is C29H33FN6O5. The molecule has 4 heterocycles. The summed E-state index contributed by atoms with van der Waals surface area (Å²) in [5.41, 5.74) is 0.314. The Labute approximate surface area is 236 Å². The fourth-order valence-corrected chi connectivity index (χ4v) is 5.97. The topological polar surface area (TPSA) is 142 Å². The molecule has 216 valence electrons. The van der Waals surface area contributed by atoms with E-state index in [-0.39, 0.29) is 41.6 Å². The highest BCUT2D eigenvalue weighted by Crippen LogP contribution is 2.40. The number of hydrogen-bond acceptors (Lipinski definition) is 8. The highest BCUT2D eigenvalue weighted by Gasteiger charge is 2.46. The Hall–Kier alpha value is -4.22. The SMILES string of the molecule is CC(C)NC(=O)C1(CCCc2cnccn2)CCN(c2cc3c(cc2F)C(=O)N(C2CCC(=O)NC2=O)C3=O)CC1. The number of aromatic nitrogens is 2. The second-order valence-corrected chi connectivity index (χ2v) is 11.2. The van der Waals surface area contributed by atoms with E-state index in [1.807, 2.05) is 13.8 Å². The van der Waals surface area contributed by atoms with Crippen molar-refractivity contribution >= 4 is 35.2 Å². The number of halogens is 1. The van der Waals surface area contributed by atoms with Gasteiger partial charge >= 0.3 is 0 Å². The smallest absolute Gasteiger partial charge is 0.262 e. The van der Waals surface area contributed by atoms with Crippen LogP contribution in [0.1, 0.15) is 78.8 Å². The Kier molecular flexibility index (Phi) is 7.83. The van der Waals surface area contributed by atoms with Gasteiger partial charge in [0.25, 0.3) is 11.8 Å². The van der Waals surface area contributed by atoms with Crippen LogP contribution in [0.25, 0.3) is 0 Å². The highest BCUT2D eigenvalue weighted by molar-refractivity contribution is 6.23. The summed E-state index contributed by atoms with van der Waals surface area (Å²) >= 11 is 0. The largest absolute Gasteiger partial charge is 0.369 e. The van der Waals surface area contributed by atoms with Gasteiger partial charge in [0.05, 0.1) is 27.9 Å². The lowest BCUT2D eigenvalue weighted by Crippen LogP contribution is -2.54. The molecule has 1 atom stereocenters. The van der Waals surface area contributed by atoms with Gasteiger partial charge in [0, 0.05) is 44.1 Å². The highest BCUT2D eigenvalue weighted by atomic mass is 19.1. The van der Waals surface area contributed by atoms with Crippen molar-refractivity contribution in [1.82, 2.24) is 25.5 Å². The molecule has 0 spiro atoms. The number of hydrogen-bond donors (Lipinski definition) is 2. The van der Waals surface area contributed by atoms with Crippen LogP contribution in [0.5, 0.6) is 0 Å². The molecule has 12 heteroatoms. The Bertz CT molecular complexity index is 1390. The van der Waals surface area contributed by atoms with Crippen LogP contribution in [-0.2, 0) is 20.8 Å². The van der Waals surface area contributed by atoms with Crippen LogP contribution >= 0.6 is 0 Å². The Morgan fingerprint density at radius 3 is 2.46 bits per heavy atom. The molecule has 1 aromatic carbocycles. The molecule has 1 unspecified atom stereocenters. The average Bonchev–Trinajstić information content (AvgIpc) is 3.17. The third-order valence-corrected chi connectivity index (χ3v) is 8.17. The standard InChI is InChI=1S/C29H33FN6O5/c1-17(2)33-28(41)29(7-3-4-18-16-31-10-11-32-18)8-12-35(13-9-29)23-15-20-19(14-21(23)30)26(39)36(27(20)40)22-5-6-24(37)34-25(22)38/h10-11,14-17,22H,3-9,12-13H2,1-2H3,(H,33,41)(H,34,37,38). The molecule has 1 aromatic heterocycles. The summed E-state index contributed by atoms with van der Waals surface area (Å²) in [7, 11) is 0. The van der Waals surface area contributed by atoms with Crippen molar-refractivity contribution in [3.05, 3.63) is 53.4 Å². The summed E-state index contributed by atoms with van der Waals surface area (Å²) in [6.45, 7) is 4.59. The number of anilines is 1. The number of rotatable bonds is 8. The lowest BCUT2D eigenvalue weighted by molar-refractivity contribution is -0.136. The summed E-state index contributed by atoms with van der Waals surface area (Å²) in [6.07, 6.45) is 8.03. The first-order chi connectivity index (χ1) is 19.6. The molecule has 41 heavy (non-hydrogen) atoms. The van der Waals surface area contributed by atoms with Crippen LogP contribution in [0.4, 0.5) is 10.1 Å². The van der Waals surface area contributed by atoms with Gasteiger partial charge in [-0.15, -0.1) is 0 Å². The van der Waals surface area contributed by atoms with E-state index in [0.29, 0.717) is 38.8 Å². The van der Waals surface area contributed by atoms with E-state index >= 15 is 4.39 Å². The fourth-order valence-electron chi connectivity index (χ4n) is 5.97. The number of nitrogens with zero attached hydrogens (tertiary/aromatic N) is 4. The van der Waals surface area contributed by atoms with Gasteiger partial charge in [-0.05, 0) is 64.5 Å². The van der Waals surface area contributed by atoms with Gasteiger partial charge in [0.15, 0.2) is 0 Å². The second-order valence-electron chi connectivity index (χ2n) is 11.2. The first-order valence-electron chi connectivity index (χ1n) is 14.0. The number of imide groups is 2. The normalized spacial score (nSPS) is 20.3. The third kappa shape index (κ3) is 5.55. The quantitative estimate of drug-likeness (QED) is 0.465. The summed E-state index contributed by atoms with van der Waals surface area (Å²) in [6, 6.07) is 1.27. The molecule has 3 aliphatic heterocycles. The van der Waals surface area contributed by atoms with Gasteiger partial charge < -0.3 is 10.2 Å². The first kappa shape index (κ1) is 28.3. The molecule has 0 bridgehead atoms. The van der Waals surface area contributed by atoms with Crippen LogP contribution in [0.15, 0.2) is 30.7 Å². The van der Waals surface area contributed by atoms with Crippen molar-refractivity contribution in [2.45, 2.75) is 70.9 Å². The number of amides is 5. The fraction of sp³-hybridized carbons (Fsp3) is 0.483. The van der Waals surface area contributed by atoms with Crippen molar-refractivity contribution in [2.24, 2.45) is 5.41 Å². The van der Waals surface area contributed by atoms with Gasteiger partial charge in [0.1, 0.15) is 11.9 Å². The monoisotopic (exact) mass is 564 g/mol.